The quantitative estimate of drug-likeness (QED) is 0.498. The van der Waals surface area contributed by atoms with E-state index in [0.717, 1.165) is 37.6 Å². The van der Waals surface area contributed by atoms with Crippen LogP contribution in [0.5, 0.6) is 0 Å². The lowest BCUT2D eigenvalue weighted by Crippen LogP contribution is -2.35. The largest absolute Gasteiger partial charge is 0.411 e. The highest BCUT2D eigenvalue weighted by molar-refractivity contribution is 5.84. The zero-order chi connectivity index (χ0) is 8.39. The van der Waals surface area contributed by atoms with Crippen molar-refractivity contribution in [3.63, 3.8) is 0 Å². The van der Waals surface area contributed by atoms with Gasteiger partial charge in [0.2, 0.25) is 0 Å². The van der Waals surface area contributed by atoms with Crippen molar-refractivity contribution in [2.24, 2.45) is 11.1 Å². The number of likely N-dealkylation sites (tertiary alicyclic amines) is 1. The molecule has 3 nitrogen and oxygen atoms in total. The van der Waals surface area contributed by atoms with E-state index in [2.05, 4.69) is 10.1 Å². The summed E-state index contributed by atoms with van der Waals surface area (Å²) in [7, 11) is 0. The first kappa shape index (κ1) is 8.05. The highest BCUT2D eigenvalue weighted by Gasteiger charge is 2.25. The smallest absolute Gasteiger partial charge is 0.0596 e. The molecule has 0 aromatic carbocycles. The summed E-state index contributed by atoms with van der Waals surface area (Å²) in [5.74, 6) is 0.984. The molecule has 12 heavy (non-hydrogen) atoms. The van der Waals surface area contributed by atoms with Gasteiger partial charge in [0.25, 0.3) is 0 Å². The molecule has 0 aromatic rings. The lowest BCUT2D eigenvalue weighted by Gasteiger charge is -2.26. The molecular weight excluding hydrogens is 152 g/mol. The molecule has 0 radical (unpaired) electrons. The molecule has 1 aliphatic carbocycles. The number of piperidine rings is 1. The van der Waals surface area contributed by atoms with E-state index >= 15 is 0 Å². The highest BCUT2D eigenvalue weighted by atomic mass is 16.4. The van der Waals surface area contributed by atoms with Crippen molar-refractivity contribution in [2.45, 2.75) is 25.7 Å². The average Bonchev–Trinajstić information content (AvgIpc) is 2.90. The number of nitrogens with zero attached hydrogens (tertiary/aromatic N) is 2. The van der Waals surface area contributed by atoms with Gasteiger partial charge in [0, 0.05) is 32.5 Å². The maximum Gasteiger partial charge on any atom is 0.0596 e. The van der Waals surface area contributed by atoms with E-state index in [0.29, 0.717) is 0 Å². The topological polar surface area (TPSA) is 35.8 Å². The van der Waals surface area contributed by atoms with Gasteiger partial charge in [0.15, 0.2) is 0 Å². The van der Waals surface area contributed by atoms with Gasteiger partial charge < -0.3 is 10.1 Å². The van der Waals surface area contributed by atoms with Crippen LogP contribution in [0.25, 0.3) is 0 Å². The molecule has 68 valence electrons. The second-order valence-corrected chi connectivity index (χ2v) is 3.91. The normalized spacial score (nSPS) is 25.8. The maximum absolute atomic E-state index is 8.54. The van der Waals surface area contributed by atoms with Gasteiger partial charge in [-0.2, -0.15) is 0 Å². The summed E-state index contributed by atoms with van der Waals surface area (Å²) in [6, 6.07) is 0. The van der Waals surface area contributed by atoms with Crippen LogP contribution in [0, 0.1) is 5.92 Å². The van der Waals surface area contributed by atoms with Gasteiger partial charge in [-0.1, -0.05) is 5.16 Å². The Bertz CT molecular complexity index is 177. The first-order chi connectivity index (χ1) is 5.88. The zero-order valence-electron chi connectivity index (χ0n) is 7.37. The molecule has 0 bridgehead atoms. The van der Waals surface area contributed by atoms with E-state index in [-0.39, 0.29) is 0 Å². The lowest BCUT2D eigenvalue weighted by atomic mass is 10.1. The van der Waals surface area contributed by atoms with Crippen LogP contribution in [0.4, 0.5) is 0 Å². The Kier molecular flexibility index (Phi) is 2.30. The Balaban J connectivity index is 1.73. The first-order valence-corrected chi connectivity index (χ1v) is 4.80. The number of hydrogen-bond donors (Lipinski definition) is 1. The fraction of sp³-hybridized carbons (Fsp3) is 0.889. The summed E-state index contributed by atoms with van der Waals surface area (Å²) >= 11 is 0. The van der Waals surface area contributed by atoms with E-state index in [9.17, 15) is 0 Å². The van der Waals surface area contributed by atoms with Crippen LogP contribution in [-0.2, 0) is 0 Å². The number of oxime groups is 1. The Morgan fingerprint density at radius 3 is 2.50 bits per heavy atom. The van der Waals surface area contributed by atoms with Crippen LogP contribution in [0.2, 0.25) is 0 Å². The van der Waals surface area contributed by atoms with Gasteiger partial charge in [-0.15, -0.1) is 0 Å². The monoisotopic (exact) mass is 168 g/mol. The summed E-state index contributed by atoms with van der Waals surface area (Å²) in [6.45, 7) is 3.46. The van der Waals surface area contributed by atoms with E-state index in [1.54, 1.807) is 0 Å². The molecule has 3 heteroatoms. The molecule has 0 atom stereocenters. The number of hydrogen-bond acceptors (Lipinski definition) is 3. The van der Waals surface area contributed by atoms with Crippen LogP contribution in [-0.4, -0.2) is 35.5 Å². The third kappa shape index (κ3) is 1.97. The molecule has 0 amide bonds. The van der Waals surface area contributed by atoms with Gasteiger partial charge in [-0.3, -0.25) is 0 Å². The molecule has 1 aliphatic heterocycles. The molecule has 2 fully saturated rings. The minimum Gasteiger partial charge on any atom is -0.411 e. The van der Waals surface area contributed by atoms with Gasteiger partial charge >= 0.3 is 0 Å². The summed E-state index contributed by atoms with van der Waals surface area (Å²) in [6.07, 6.45) is 4.78. The van der Waals surface area contributed by atoms with E-state index in [4.69, 9.17) is 5.21 Å². The average molecular weight is 168 g/mol. The molecule has 1 saturated heterocycles. The van der Waals surface area contributed by atoms with Gasteiger partial charge in [-0.25, -0.2) is 0 Å². The Labute approximate surface area is 73.1 Å². The van der Waals surface area contributed by atoms with E-state index < -0.39 is 0 Å². The third-order valence-electron chi connectivity index (χ3n) is 2.79. The SMILES string of the molecule is ON=C1CCN(CC2CC2)CC1. The van der Waals surface area contributed by atoms with Crippen molar-refractivity contribution in [3.05, 3.63) is 0 Å². The zero-order valence-corrected chi connectivity index (χ0v) is 7.37. The summed E-state index contributed by atoms with van der Waals surface area (Å²) in [4.78, 5) is 2.49. The summed E-state index contributed by atoms with van der Waals surface area (Å²) in [5.41, 5.74) is 0.974. The van der Waals surface area contributed by atoms with Crippen LogP contribution in [0.1, 0.15) is 25.7 Å². The minimum atomic E-state index is 0.962. The van der Waals surface area contributed by atoms with E-state index in [1.807, 2.05) is 0 Å². The Hall–Kier alpha value is -0.570. The highest BCUT2D eigenvalue weighted by Crippen LogP contribution is 2.30. The van der Waals surface area contributed by atoms with Gasteiger partial charge in [0.05, 0.1) is 5.71 Å². The molecule has 2 aliphatic rings. The molecule has 0 spiro atoms. The molecule has 0 unspecified atom stereocenters. The van der Waals surface area contributed by atoms with Gasteiger partial charge in [-0.05, 0) is 18.8 Å². The van der Waals surface area contributed by atoms with Crippen molar-refractivity contribution < 1.29 is 5.21 Å². The molecule has 1 N–H and O–H groups in total. The molecule has 2 rings (SSSR count). The lowest BCUT2D eigenvalue weighted by molar-refractivity contribution is 0.254. The van der Waals surface area contributed by atoms with Crippen molar-refractivity contribution in [1.82, 2.24) is 4.90 Å². The van der Waals surface area contributed by atoms with E-state index in [1.165, 1.54) is 19.4 Å². The minimum absolute atomic E-state index is 0.962. The predicted octanol–water partition coefficient (Wildman–Crippen LogP) is 1.32. The van der Waals surface area contributed by atoms with Crippen LogP contribution >= 0.6 is 0 Å². The second-order valence-electron chi connectivity index (χ2n) is 3.91. The van der Waals surface area contributed by atoms with Crippen LogP contribution in [0.3, 0.4) is 0 Å². The first-order valence-electron chi connectivity index (χ1n) is 4.80. The molecular formula is C9H16N2O. The van der Waals surface area contributed by atoms with Gasteiger partial charge in [0.1, 0.15) is 0 Å². The molecule has 1 saturated carbocycles. The molecule has 0 aromatic heterocycles. The summed E-state index contributed by atoms with van der Waals surface area (Å²) in [5, 5.41) is 11.8. The fourth-order valence-electron chi connectivity index (χ4n) is 1.76. The Morgan fingerprint density at radius 1 is 1.33 bits per heavy atom. The number of rotatable bonds is 2. The standard InChI is InChI=1S/C9H16N2O/c12-10-9-3-5-11(6-4-9)7-8-1-2-8/h8,12H,1-7H2. The van der Waals surface area contributed by atoms with Crippen LogP contribution in [0.15, 0.2) is 5.16 Å². The predicted molar refractivity (Wildman–Crippen MR) is 47.6 cm³/mol. The van der Waals surface area contributed by atoms with Crippen molar-refractivity contribution >= 4 is 5.71 Å². The maximum atomic E-state index is 8.54. The molecule has 1 heterocycles. The Morgan fingerprint density at radius 2 is 2.00 bits per heavy atom. The van der Waals surface area contributed by atoms with Crippen molar-refractivity contribution in [2.75, 3.05) is 19.6 Å². The summed E-state index contributed by atoms with van der Waals surface area (Å²) < 4.78 is 0. The third-order valence-corrected chi connectivity index (χ3v) is 2.79. The van der Waals surface area contributed by atoms with Crippen molar-refractivity contribution in [1.29, 1.82) is 0 Å². The fourth-order valence-corrected chi connectivity index (χ4v) is 1.76. The van der Waals surface area contributed by atoms with Crippen LogP contribution < -0.4 is 0 Å². The second kappa shape index (κ2) is 3.44. The van der Waals surface area contributed by atoms with Crippen molar-refractivity contribution in [3.8, 4) is 0 Å².